The van der Waals surface area contributed by atoms with E-state index in [1.54, 1.807) is 12.1 Å². The number of nitrogens with zero attached hydrogens (tertiary/aromatic N) is 1. The fraction of sp³-hybridized carbons (Fsp3) is 0.0952. The lowest BCUT2D eigenvalue weighted by Crippen LogP contribution is -2.35. The first kappa shape index (κ1) is 18.7. The summed E-state index contributed by atoms with van der Waals surface area (Å²) in [6.45, 7) is 0. The third kappa shape index (κ3) is 4.36. The number of anilines is 1. The Hall–Kier alpha value is -2.07. The van der Waals surface area contributed by atoms with Crippen molar-refractivity contribution in [2.24, 2.45) is 0 Å². The summed E-state index contributed by atoms with van der Waals surface area (Å²) in [6, 6.07) is 25.9. The van der Waals surface area contributed by atoms with Crippen molar-refractivity contribution in [3.8, 4) is 0 Å². The van der Waals surface area contributed by atoms with Gasteiger partial charge in [0, 0.05) is 12.1 Å². The average Bonchev–Trinajstić information content (AvgIpc) is 2.66. The van der Waals surface area contributed by atoms with Crippen LogP contribution in [-0.4, -0.2) is 17.1 Å². The molecule has 5 heteroatoms. The van der Waals surface area contributed by atoms with Gasteiger partial charge >= 0.3 is 0 Å². The molecule has 0 aliphatic carbocycles. The molecule has 0 aliphatic heterocycles. The topological polar surface area (TPSA) is 15.3 Å². The maximum Gasteiger partial charge on any atom is 0.173 e. The van der Waals surface area contributed by atoms with Crippen molar-refractivity contribution in [2.45, 2.75) is 6.04 Å². The third-order valence-corrected chi connectivity index (χ3v) is 5.05. The van der Waals surface area contributed by atoms with Crippen LogP contribution in [0.25, 0.3) is 0 Å². The van der Waals surface area contributed by atoms with E-state index in [0.29, 0.717) is 15.2 Å². The second kappa shape index (κ2) is 8.54. The number of hydrogen-bond acceptors (Lipinski definition) is 1. The highest BCUT2D eigenvalue weighted by molar-refractivity contribution is 7.80. The van der Waals surface area contributed by atoms with E-state index in [1.165, 1.54) is 0 Å². The van der Waals surface area contributed by atoms with Crippen molar-refractivity contribution in [3.05, 3.63) is 100 Å². The molecule has 3 rings (SSSR count). The van der Waals surface area contributed by atoms with Gasteiger partial charge in [-0.3, -0.25) is 0 Å². The monoisotopic (exact) mass is 400 g/mol. The Kier molecular flexibility index (Phi) is 6.15. The molecule has 2 nitrogen and oxygen atoms in total. The Morgan fingerprint density at radius 3 is 1.92 bits per heavy atom. The predicted octanol–water partition coefficient (Wildman–Crippen LogP) is 6.41. The van der Waals surface area contributed by atoms with Crippen LogP contribution in [0.5, 0.6) is 0 Å². The molecule has 0 atom stereocenters. The minimum atomic E-state index is -0.0107. The van der Waals surface area contributed by atoms with Crippen LogP contribution in [0.4, 0.5) is 5.69 Å². The number of thiocarbonyl (C=S) groups is 1. The number of rotatable bonds is 4. The van der Waals surface area contributed by atoms with E-state index in [4.69, 9.17) is 35.4 Å². The molecule has 0 radical (unpaired) electrons. The molecule has 0 saturated carbocycles. The first-order valence-electron chi connectivity index (χ1n) is 8.15. The van der Waals surface area contributed by atoms with E-state index >= 15 is 0 Å². The molecule has 0 spiro atoms. The van der Waals surface area contributed by atoms with Crippen molar-refractivity contribution in [3.63, 3.8) is 0 Å². The van der Waals surface area contributed by atoms with Crippen molar-refractivity contribution in [2.75, 3.05) is 12.4 Å². The number of halogens is 2. The van der Waals surface area contributed by atoms with E-state index in [9.17, 15) is 0 Å². The molecule has 0 unspecified atom stereocenters. The summed E-state index contributed by atoms with van der Waals surface area (Å²) in [7, 11) is 1.98. The molecular weight excluding hydrogens is 383 g/mol. The Morgan fingerprint density at radius 2 is 1.42 bits per heavy atom. The van der Waals surface area contributed by atoms with Gasteiger partial charge in [0.05, 0.1) is 16.8 Å². The fourth-order valence-electron chi connectivity index (χ4n) is 2.82. The highest BCUT2D eigenvalue weighted by Gasteiger charge is 2.21. The molecule has 0 saturated heterocycles. The molecule has 0 aliphatic rings. The van der Waals surface area contributed by atoms with E-state index < -0.39 is 0 Å². The smallest absolute Gasteiger partial charge is 0.173 e. The normalized spacial score (nSPS) is 10.6. The second-order valence-electron chi connectivity index (χ2n) is 5.89. The van der Waals surface area contributed by atoms with Crippen LogP contribution >= 0.6 is 35.4 Å². The van der Waals surface area contributed by atoms with Gasteiger partial charge in [0.1, 0.15) is 0 Å². The van der Waals surface area contributed by atoms with E-state index in [2.05, 4.69) is 29.6 Å². The number of benzene rings is 3. The Bertz CT molecular complexity index is 846. The van der Waals surface area contributed by atoms with Gasteiger partial charge in [-0.15, -0.1) is 0 Å². The number of hydrogen-bond donors (Lipinski definition) is 1. The van der Waals surface area contributed by atoms with Crippen LogP contribution in [0.2, 0.25) is 10.0 Å². The van der Waals surface area contributed by atoms with Gasteiger partial charge in [-0.1, -0.05) is 83.9 Å². The Balaban J connectivity index is 1.90. The standard InChI is InChI=1S/C21H18Cl2N2S/c1-25(21(26)24-19-13-12-17(22)14-18(19)23)20(15-8-4-2-5-9-15)16-10-6-3-7-11-16/h2-14,20H,1H3,(H,24,26). The average molecular weight is 401 g/mol. The SMILES string of the molecule is CN(C(=S)Nc1ccc(Cl)cc1Cl)C(c1ccccc1)c1ccccc1. The Morgan fingerprint density at radius 1 is 0.885 bits per heavy atom. The maximum absolute atomic E-state index is 6.27. The molecule has 3 aromatic carbocycles. The van der Waals surface area contributed by atoms with E-state index in [0.717, 1.165) is 16.8 Å². The molecule has 0 fully saturated rings. The van der Waals surface area contributed by atoms with Crippen LogP contribution in [0.3, 0.4) is 0 Å². The lowest BCUT2D eigenvalue weighted by atomic mass is 9.98. The zero-order chi connectivity index (χ0) is 18.5. The van der Waals surface area contributed by atoms with Crippen LogP contribution in [0, 0.1) is 0 Å². The summed E-state index contributed by atoms with van der Waals surface area (Å²) in [6.07, 6.45) is 0. The first-order valence-corrected chi connectivity index (χ1v) is 9.31. The summed E-state index contributed by atoms with van der Waals surface area (Å²) in [4.78, 5) is 2.03. The van der Waals surface area contributed by atoms with Crippen LogP contribution in [0.1, 0.15) is 17.2 Å². The zero-order valence-electron chi connectivity index (χ0n) is 14.2. The lowest BCUT2D eigenvalue weighted by molar-refractivity contribution is 0.434. The molecule has 1 N–H and O–H groups in total. The Labute approximate surface area is 169 Å². The van der Waals surface area contributed by atoms with Crippen molar-refractivity contribution in [1.82, 2.24) is 4.90 Å². The highest BCUT2D eigenvalue weighted by atomic mass is 35.5. The highest BCUT2D eigenvalue weighted by Crippen LogP contribution is 2.30. The van der Waals surface area contributed by atoms with Gasteiger partial charge in [-0.2, -0.15) is 0 Å². The van der Waals surface area contributed by atoms with Crippen molar-refractivity contribution >= 4 is 46.2 Å². The van der Waals surface area contributed by atoms with Gasteiger partial charge < -0.3 is 10.2 Å². The quantitative estimate of drug-likeness (QED) is 0.509. The van der Waals surface area contributed by atoms with Crippen LogP contribution < -0.4 is 5.32 Å². The molecular formula is C21H18Cl2N2S. The van der Waals surface area contributed by atoms with Crippen molar-refractivity contribution in [1.29, 1.82) is 0 Å². The van der Waals surface area contributed by atoms with Gasteiger partial charge in [-0.25, -0.2) is 0 Å². The summed E-state index contributed by atoms with van der Waals surface area (Å²) in [5, 5.41) is 4.92. The zero-order valence-corrected chi connectivity index (χ0v) is 16.5. The molecule has 0 aromatic heterocycles. The summed E-state index contributed by atoms with van der Waals surface area (Å²) >= 11 is 17.9. The van der Waals surface area contributed by atoms with E-state index in [1.807, 2.05) is 54.4 Å². The minimum absolute atomic E-state index is 0.0107. The number of nitrogens with one attached hydrogen (secondary N) is 1. The van der Waals surface area contributed by atoms with Gasteiger partial charge in [-0.05, 0) is 41.5 Å². The van der Waals surface area contributed by atoms with Gasteiger partial charge in [0.15, 0.2) is 5.11 Å². The molecule has 26 heavy (non-hydrogen) atoms. The largest absolute Gasteiger partial charge is 0.341 e. The molecule has 0 bridgehead atoms. The molecule has 0 heterocycles. The third-order valence-electron chi connectivity index (χ3n) is 4.11. The van der Waals surface area contributed by atoms with Crippen LogP contribution in [-0.2, 0) is 0 Å². The lowest BCUT2D eigenvalue weighted by Gasteiger charge is -2.31. The van der Waals surface area contributed by atoms with Gasteiger partial charge in [0.25, 0.3) is 0 Å². The molecule has 0 amide bonds. The second-order valence-corrected chi connectivity index (χ2v) is 7.12. The summed E-state index contributed by atoms with van der Waals surface area (Å²) < 4.78 is 0. The molecule has 3 aromatic rings. The van der Waals surface area contributed by atoms with Crippen molar-refractivity contribution < 1.29 is 0 Å². The first-order chi connectivity index (χ1) is 12.6. The summed E-state index contributed by atoms with van der Waals surface area (Å²) in [5.41, 5.74) is 3.05. The van der Waals surface area contributed by atoms with Gasteiger partial charge in [0.2, 0.25) is 0 Å². The van der Waals surface area contributed by atoms with E-state index in [-0.39, 0.29) is 6.04 Å². The summed E-state index contributed by atoms with van der Waals surface area (Å²) in [5.74, 6) is 0. The molecule has 132 valence electrons. The predicted molar refractivity (Wildman–Crippen MR) is 115 cm³/mol. The fourth-order valence-corrected chi connectivity index (χ4v) is 3.49. The van der Waals surface area contributed by atoms with Crippen LogP contribution in [0.15, 0.2) is 78.9 Å². The maximum atomic E-state index is 6.27. The minimum Gasteiger partial charge on any atom is -0.341 e.